The lowest BCUT2D eigenvalue weighted by molar-refractivity contribution is -0.121. The van der Waals surface area contributed by atoms with Gasteiger partial charge in [-0.25, -0.2) is 4.39 Å². The number of nitrogens with zero attached hydrogens (tertiary/aromatic N) is 1. The van der Waals surface area contributed by atoms with Crippen LogP contribution in [0.25, 0.3) is 0 Å². The number of carbonyl (C=O) groups excluding carboxylic acids is 2. The van der Waals surface area contributed by atoms with Crippen molar-refractivity contribution in [2.45, 2.75) is 12.6 Å². The van der Waals surface area contributed by atoms with Crippen LogP contribution in [0.1, 0.15) is 21.5 Å². The Morgan fingerprint density at radius 2 is 1.91 bits per heavy atom. The topological polar surface area (TPSA) is 61.4 Å². The molecule has 2 amide bonds. The van der Waals surface area contributed by atoms with Crippen LogP contribution >= 0.6 is 0 Å². The predicted octanol–water partition coefficient (Wildman–Crippen LogP) is 2.12. The van der Waals surface area contributed by atoms with Gasteiger partial charge in [-0.1, -0.05) is 12.1 Å². The zero-order valence-electron chi connectivity index (χ0n) is 12.6. The quantitative estimate of drug-likeness (QED) is 0.783. The number of hydrogen-bond donors (Lipinski definition) is 2. The summed E-state index contributed by atoms with van der Waals surface area (Å²) in [5, 5.41) is 5.33. The Balaban J connectivity index is 2.01. The minimum atomic E-state index is -1.44. The van der Waals surface area contributed by atoms with Crippen LogP contribution < -0.4 is 15.5 Å². The van der Waals surface area contributed by atoms with Gasteiger partial charge in [0.25, 0.3) is 11.8 Å². The fourth-order valence-corrected chi connectivity index (χ4v) is 3.39. The molecule has 0 aromatic heterocycles. The lowest BCUT2D eigenvalue weighted by Crippen LogP contribution is -2.64. The third-order valence-corrected chi connectivity index (χ3v) is 4.50. The molecule has 2 heterocycles. The van der Waals surface area contributed by atoms with Crippen molar-refractivity contribution < 1.29 is 14.0 Å². The van der Waals surface area contributed by atoms with E-state index < -0.39 is 17.4 Å². The highest BCUT2D eigenvalue weighted by Crippen LogP contribution is 2.44. The standard InChI is InChI=1S/C17H14FN3O2/c1-9-7-11-14(12(18)8-9)19-16(23)17(11)20-15(22)10-5-3-4-6-13(10)21(17)2/h3-8H,1-2H3,(H,19,23)(H,20,22)/t17-/m0/s1. The zero-order valence-corrected chi connectivity index (χ0v) is 12.6. The number of benzene rings is 2. The number of halogens is 1. The Bertz CT molecular complexity index is 880. The number of nitrogens with one attached hydrogen (secondary N) is 2. The normalized spacial score (nSPS) is 21.8. The SMILES string of the molecule is Cc1cc(F)c2c(c1)[C@@]1(NC(=O)c3ccccc3N1C)C(=O)N2. The molecular formula is C17H14FN3O2. The summed E-state index contributed by atoms with van der Waals surface area (Å²) in [6.07, 6.45) is 0. The smallest absolute Gasteiger partial charge is 0.276 e. The average Bonchev–Trinajstić information content (AvgIpc) is 2.79. The summed E-state index contributed by atoms with van der Waals surface area (Å²) in [4.78, 5) is 26.9. The molecule has 4 rings (SSSR count). The highest BCUT2D eigenvalue weighted by atomic mass is 19.1. The van der Waals surface area contributed by atoms with Crippen molar-refractivity contribution in [2.75, 3.05) is 17.3 Å². The number of amides is 2. The number of carbonyl (C=O) groups is 2. The summed E-state index contributed by atoms with van der Waals surface area (Å²) in [6, 6.07) is 10.1. The van der Waals surface area contributed by atoms with Gasteiger partial charge in [0, 0.05) is 12.6 Å². The summed E-state index contributed by atoms with van der Waals surface area (Å²) in [5.74, 6) is -1.34. The predicted molar refractivity (Wildman–Crippen MR) is 83.8 cm³/mol. The van der Waals surface area contributed by atoms with E-state index in [4.69, 9.17) is 0 Å². The lowest BCUT2D eigenvalue weighted by Gasteiger charge is -2.43. The number of aryl methyl sites for hydroxylation is 1. The first-order valence-electron chi connectivity index (χ1n) is 7.22. The zero-order chi connectivity index (χ0) is 16.4. The average molecular weight is 311 g/mol. The van der Waals surface area contributed by atoms with Gasteiger partial charge < -0.3 is 15.5 Å². The highest BCUT2D eigenvalue weighted by molar-refractivity contribution is 6.14. The van der Waals surface area contributed by atoms with Crippen molar-refractivity contribution in [3.05, 3.63) is 58.9 Å². The second kappa shape index (κ2) is 4.32. The minimum absolute atomic E-state index is 0.118. The molecule has 2 aromatic rings. The maximum atomic E-state index is 14.2. The number of para-hydroxylation sites is 1. The van der Waals surface area contributed by atoms with E-state index in [-0.39, 0.29) is 11.6 Å². The summed E-state index contributed by atoms with van der Waals surface area (Å²) >= 11 is 0. The first-order valence-corrected chi connectivity index (χ1v) is 7.22. The van der Waals surface area contributed by atoms with Gasteiger partial charge >= 0.3 is 0 Å². The molecule has 0 radical (unpaired) electrons. The third kappa shape index (κ3) is 1.60. The Morgan fingerprint density at radius 1 is 1.17 bits per heavy atom. The van der Waals surface area contributed by atoms with E-state index in [1.807, 2.05) is 0 Å². The van der Waals surface area contributed by atoms with Gasteiger partial charge in [0.15, 0.2) is 0 Å². The van der Waals surface area contributed by atoms with E-state index in [1.165, 1.54) is 6.07 Å². The second-order valence-electron chi connectivity index (χ2n) is 5.86. The maximum absolute atomic E-state index is 14.2. The van der Waals surface area contributed by atoms with Crippen LogP contribution in [0, 0.1) is 12.7 Å². The van der Waals surface area contributed by atoms with Gasteiger partial charge in [0.2, 0.25) is 5.66 Å². The Labute approximate surface area is 132 Å². The minimum Gasteiger partial charge on any atom is -0.340 e. The largest absolute Gasteiger partial charge is 0.340 e. The van der Waals surface area contributed by atoms with Crippen molar-refractivity contribution in [3.8, 4) is 0 Å². The summed E-state index contributed by atoms with van der Waals surface area (Å²) in [5.41, 5.74) is 0.889. The molecule has 1 atom stereocenters. The molecule has 0 fully saturated rings. The van der Waals surface area contributed by atoms with Gasteiger partial charge in [-0.2, -0.15) is 0 Å². The monoisotopic (exact) mass is 311 g/mol. The molecule has 2 aliphatic heterocycles. The van der Waals surface area contributed by atoms with Gasteiger partial charge in [-0.05, 0) is 36.8 Å². The van der Waals surface area contributed by atoms with Crippen molar-refractivity contribution in [1.29, 1.82) is 0 Å². The number of fused-ring (bicyclic) bond motifs is 3. The van der Waals surface area contributed by atoms with E-state index in [0.717, 1.165) is 0 Å². The Kier molecular flexibility index (Phi) is 2.58. The molecule has 116 valence electrons. The van der Waals surface area contributed by atoms with Gasteiger partial charge in [0.1, 0.15) is 5.82 Å². The fraction of sp³-hybridized carbons (Fsp3) is 0.176. The van der Waals surface area contributed by atoms with Crippen LogP contribution in [-0.4, -0.2) is 18.9 Å². The first-order chi connectivity index (χ1) is 10.9. The van der Waals surface area contributed by atoms with E-state index >= 15 is 0 Å². The molecule has 23 heavy (non-hydrogen) atoms. The molecule has 0 saturated carbocycles. The van der Waals surface area contributed by atoms with Crippen molar-refractivity contribution in [1.82, 2.24) is 5.32 Å². The molecule has 2 aromatic carbocycles. The molecule has 6 heteroatoms. The first kappa shape index (κ1) is 13.8. The van der Waals surface area contributed by atoms with Crippen molar-refractivity contribution in [3.63, 3.8) is 0 Å². The molecule has 0 saturated heterocycles. The molecule has 2 aliphatic rings. The van der Waals surface area contributed by atoms with E-state index in [9.17, 15) is 14.0 Å². The lowest BCUT2D eigenvalue weighted by atomic mass is 9.92. The van der Waals surface area contributed by atoms with Crippen LogP contribution in [0.4, 0.5) is 15.8 Å². The van der Waals surface area contributed by atoms with Crippen LogP contribution in [-0.2, 0) is 10.5 Å². The molecule has 0 unspecified atom stereocenters. The molecule has 1 spiro atoms. The Morgan fingerprint density at radius 3 is 2.70 bits per heavy atom. The van der Waals surface area contributed by atoms with Crippen LogP contribution in [0.15, 0.2) is 36.4 Å². The number of anilines is 2. The molecule has 2 N–H and O–H groups in total. The van der Waals surface area contributed by atoms with Crippen molar-refractivity contribution >= 4 is 23.2 Å². The van der Waals surface area contributed by atoms with E-state index in [1.54, 1.807) is 49.2 Å². The molecule has 0 aliphatic carbocycles. The van der Waals surface area contributed by atoms with Crippen LogP contribution in [0.5, 0.6) is 0 Å². The van der Waals surface area contributed by atoms with E-state index in [0.29, 0.717) is 22.4 Å². The number of likely N-dealkylation sites (N-methyl/N-ethyl adjacent to an activating group) is 1. The van der Waals surface area contributed by atoms with Crippen LogP contribution in [0.3, 0.4) is 0 Å². The molecular weight excluding hydrogens is 297 g/mol. The summed E-state index contributed by atoms with van der Waals surface area (Å²) < 4.78 is 14.2. The van der Waals surface area contributed by atoms with Crippen LogP contribution in [0.2, 0.25) is 0 Å². The van der Waals surface area contributed by atoms with Gasteiger partial charge in [0.05, 0.1) is 16.9 Å². The fourth-order valence-electron chi connectivity index (χ4n) is 3.39. The third-order valence-electron chi connectivity index (χ3n) is 4.50. The number of rotatable bonds is 0. The second-order valence-corrected chi connectivity index (χ2v) is 5.86. The number of hydrogen-bond acceptors (Lipinski definition) is 3. The maximum Gasteiger partial charge on any atom is 0.276 e. The highest BCUT2D eigenvalue weighted by Gasteiger charge is 2.55. The Hall–Kier alpha value is -2.89. The van der Waals surface area contributed by atoms with Crippen molar-refractivity contribution in [2.24, 2.45) is 0 Å². The van der Waals surface area contributed by atoms with Gasteiger partial charge in [-0.15, -0.1) is 0 Å². The summed E-state index contributed by atoms with van der Waals surface area (Å²) in [6.45, 7) is 1.75. The van der Waals surface area contributed by atoms with E-state index in [2.05, 4.69) is 10.6 Å². The molecule has 0 bridgehead atoms. The molecule has 5 nitrogen and oxygen atoms in total. The van der Waals surface area contributed by atoms with Gasteiger partial charge in [-0.3, -0.25) is 9.59 Å². The summed E-state index contributed by atoms with van der Waals surface area (Å²) in [7, 11) is 1.72.